The van der Waals surface area contributed by atoms with Crippen molar-refractivity contribution in [3.05, 3.63) is 211 Å². The molecule has 0 fully saturated rings. The van der Waals surface area contributed by atoms with Crippen molar-refractivity contribution in [1.82, 2.24) is 0 Å². The van der Waals surface area contributed by atoms with E-state index in [4.69, 9.17) is 4.42 Å². The van der Waals surface area contributed by atoms with Crippen molar-refractivity contribution in [3.63, 3.8) is 0 Å². The summed E-state index contributed by atoms with van der Waals surface area (Å²) in [6, 6.07) is 72.7. The molecule has 0 aliphatic heterocycles. The fraction of sp³-hybridized carbons (Fsp3) is 0.0545. The minimum absolute atomic E-state index is 0.203. The Morgan fingerprint density at radius 1 is 0.386 bits per heavy atom. The van der Waals surface area contributed by atoms with E-state index in [2.05, 4.69) is 219 Å². The molecule has 0 radical (unpaired) electrons. The fourth-order valence-corrected chi connectivity index (χ4v) is 9.27. The molecule has 11 rings (SSSR count). The van der Waals surface area contributed by atoms with E-state index in [1.165, 1.54) is 61.0 Å². The molecule has 1 heterocycles. The van der Waals surface area contributed by atoms with Crippen LogP contribution in [0.15, 0.2) is 205 Å². The molecule has 0 saturated carbocycles. The molecule has 0 amide bonds. The first-order valence-electron chi connectivity index (χ1n) is 19.8. The molecular formula is C55H39NO. The lowest BCUT2D eigenvalue weighted by Crippen LogP contribution is -2.21. The smallest absolute Gasteiger partial charge is 0.136 e. The summed E-state index contributed by atoms with van der Waals surface area (Å²) in [5.74, 6) is 0. The molecule has 0 spiro atoms. The van der Waals surface area contributed by atoms with Crippen molar-refractivity contribution in [2.45, 2.75) is 19.3 Å². The molecule has 1 aliphatic carbocycles. The molecule has 1 aliphatic rings. The summed E-state index contributed by atoms with van der Waals surface area (Å²) in [5.41, 5.74) is 17.4. The number of anilines is 3. The number of fused-ring (bicyclic) bond motifs is 7. The third kappa shape index (κ3) is 5.40. The highest BCUT2D eigenvalue weighted by atomic mass is 16.3. The van der Waals surface area contributed by atoms with E-state index in [0.717, 1.165) is 44.4 Å². The van der Waals surface area contributed by atoms with Gasteiger partial charge in [0.05, 0.1) is 11.4 Å². The van der Waals surface area contributed by atoms with Crippen molar-refractivity contribution in [2.24, 2.45) is 0 Å². The number of nitrogens with zero attached hydrogens (tertiary/aromatic N) is 1. The van der Waals surface area contributed by atoms with Gasteiger partial charge >= 0.3 is 0 Å². The molecule has 2 heteroatoms. The fourth-order valence-electron chi connectivity index (χ4n) is 9.27. The van der Waals surface area contributed by atoms with E-state index in [1.807, 2.05) is 0 Å². The van der Waals surface area contributed by atoms with Crippen molar-refractivity contribution >= 4 is 49.8 Å². The third-order valence-electron chi connectivity index (χ3n) is 12.0. The van der Waals surface area contributed by atoms with Gasteiger partial charge in [0.25, 0.3) is 0 Å². The van der Waals surface area contributed by atoms with Gasteiger partial charge in [-0.25, -0.2) is 0 Å². The molecule has 270 valence electrons. The van der Waals surface area contributed by atoms with Crippen LogP contribution >= 0.6 is 0 Å². The number of para-hydroxylation sites is 1. The maximum atomic E-state index is 6.44. The van der Waals surface area contributed by atoms with Gasteiger partial charge in [-0.05, 0) is 115 Å². The summed E-state index contributed by atoms with van der Waals surface area (Å²) in [5, 5.41) is 4.64. The second kappa shape index (κ2) is 13.0. The maximum Gasteiger partial charge on any atom is 0.136 e. The van der Waals surface area contributed by atoms with Gasteiger partial charge in [-0.2, -0.15) is 0 Å². The van der Waals surface area contributed by atoms with Crippen LogP contribution < -0.4 is 4.90 Å². The Labute approximate surface area is 332 Å². The quantitative estimate of drug-likeness (QED) is 0.169. The van der Waals surface area contributed by atoms with Crippen molar-refractivity contribution in [2.75, 3.05) is 4.90 Å². The average Bonchev–Trinajstić information content (AvgIpc) is 3.74. The summed E-state index contributed by atoms with van der Waals surface area (Å²) < 4.78 is 6.44. The molecular weight excluding hydrogens is 691 g/mol. The molecule has 0 saturated heterocycles. The number of rotatable bonds is 6. The monoisotopic (exact) mass is 729 g/mol. The van der Waals surface area contributed by atoms with Gasteiger partial charge in [0, 0.05) is 27.4 Å². The topological polar surface area (TPSA) is 16.4 Å². The number of furan rings is 1. The molecule has 57 heavy (non-hydrogen) atoms. The van der Waals surface area contributed by atoms with Crippen LogP contribution in [-0.2, 0) is 5.41 Å². The van der Waals surface area contributed by atoms with Gasteiger partial charge < -0.3 is 9.32 Å². The predicted molar refractivity (Wildman–Crippen MR) is 240 cm³/mol. The Hall–Kier alpha value is -7.16. The van der Waals surface area contributed by atoms with E-state index in [9.17, 15) is 0 Å². The van der Waals surface area contributed by atoms with Gasteiger partial charge in [-0.3, -0.25) is 0 Å². The lowest BCUT2D eigenvalue weighted by molar-refractivity contribution is 0.661. The number of hydrogen-bond donors (Lipinski definition) is 0. The van der Waals surface area contributed by atoms with Gasteiger partial charge in [0.1, 0.15) is 11.2 Å². The number of hydrogen-bond acceptors (Lipinski definition) is 2. The van der Waals surface area contributed by atoms with E-state index in [-0.39, 0.29) is 5.41 Å². The van der Waals surface area contributed by atoms with Crippen LogP contribution in [0.3, 0.4) is 0 Å². The Morgan fingerprint density at radius 2 is 0.965 bits per heavy atom. The summed E-state index contributed by atoms with van der Waals surface area (Å²) in [4.78, 5) is 2.48. The largest absolute Gasteiger partial charge is 0.456 e. The second-order valence-electron chi connectivity index (χ2n) is 15.7. The lowest BCUT2D eigenvalue weighted by Gasteiger charge is -2.33. The average molecular weight is 730 g/mol. The maximum absolute atomic E-state index is 6.44. The molecule has 0 atom stereocenters. The second-order valence-corrected chi connectivity index (χ2v) is 15.7. The Bertz CT molecular complexity index is 3150. The number of benzene rings is 9. The van der Waals surface area contributed by atoms with Gasteiger partial charge in [-0.15, -0.1) is 0 Å². The van der Waals surface area contributed by atoms with E-state index in [0.29, 0.717) is 0 Å². The minimum Gasteiger partial charge on any atom is -0.456 e. The highest BCUT2D eigenvalue weighted by molar-refractivity contribution is 6.11. The van der Waals surface area contributed by atoms with E-state index >= 15 is 0 Å². The SMILES string of the molecule is CC1(C)c2ccccc2-c2cccc(N(c3ccc(-c4cccc(-c5ccccc5)c4)cc3)c3ccccc3-c3ccc4oc5cc6ccccc6cc5c4c3)c21. The zero-order valence-electron chi connectivity index (χ0n) is 31.9. The highest BCUT2D eigenvalue weighted by Crippen LogP contribution is 2.55. The van der Waals surface area contributed by atoms with Crippen molar-refractivity contribution in [3.8, 4) is 44.5 Å². The van der Waals surface area contributed by atoms with E-state index in [1.54, 1.807) is 0 Å². The summed E-state index contributed by atoms with van der Waals surface area (Å²) in [6.45, 7) is 4.74. The van der Waals surface area contributed by atoms with E-state index < -0.39 is 0 Å². The standard InChI is InChI=1S/C55H39NO/c1-55(2)49-23-10-8-21-45(49)46-22-13-25-51(54(46)55)56(43-29-26-37(27-30-43)39-19-12-18-38(32-39)36-14-4-3-5-15-36)50-24-11-9-20-44(50)42-28-31-52-47(34-42)48-33-40-16-6-7-17-41(40)35-53(48)57-52/h3-35H,1-2H3. The zero-order valence-corrected chi connectivity index (χ0v) is 31.9. The van der Waals surface area contributed by atoms with Crippen LogP contribution in [0, 0.1) is 0 Å². The Morgan fingerprint density at radius 3 is 1.77 bits per heavy atom. The summed E-state index contributed by atoms with van der Waals surface area (Å²) in [6.07, 6.45) is 0. The predicted octanol–water partition coefficient (Wildman–Crippen LogP) is 15.5. The Balaban J connectivity index is 1.09. The summed E-state index contributed by atoms with van der Waals surface area (Å²) >= 11 is 0. The van der Waals surface area contributed by atoms with Gasteiger partial charge in [0.15, 0.2) is 0 Å². The molecule has 0 bridgehead atoms. The first-order chi connectivity index (χ1) is 28.0. The lowest BCUT2D eigenvalue weighted by atomic mass is 9.81. The van der Waals surface area contributed by atoms with Crippen LogP contribution in [0.2, 0.25) is 0 Å². The van der Waals surface area contributed by atoms with Gasteiger partial charge in [0.2, 0.25) is 0 Å². The van der Waals surface area contributed by atoms with Crippen molar-refractivity contribution in [1.29, 1.82) is 0 Å². The molecule has 10 aromatic rings. The third-order valence-corrected chi connectivity index (χ3v) is 12.0. The molecule has 1 aromatic heterocycles. The highest BCUT2D eigenvalue weighted by Gasteiger charge is 2.39. The zero-order chi connectivity index (χ0) is 38.1. The molecule has 0 N–H and O–H groups in total. The minimum atomic E-state index is -0.203. The van der Waals surface area contributed by atoms with Crippen LogP contribution in [0.4, 0.5) is 17.1 Å². The molecule has 0 unspecified atom stereocenters. The molecule has 9 aromatic carbocycles. The van der Waals surface area contributed by atoms with Crippen LogP contribution in [-0.4, -0.2) is 0 Å². The molecule has 2 nitrogen and oxygen atoms in total. The Kier molecular flexibility index (Phi) is 7.55. The normalized spacial score (nSPS) is 12.9. The first kappa shape index (κ1) is 33.2. The van der Waals surface area contributed by atoms with Crippen LogP contribution in [0.5, 0.6) is 0 Å². The van der Waals surface area contributed by atoms with Gasteiger partial charge in [-0.1, -0.05) is 159 Å². The van der Waals surface area contributed by atoms with Crippen LogP contribution in [0.1, 0.15) is 25.0 Å². The summed E-state index contributed by atoms with van der Waals surface area (Å²) in [7, 11) is 0. The first-order valence-corrected chi connectivity index (χ1v) is 19.8. The van der Waals surface area contributed by atoms with Crippen molar-refractivity contribution < 1.29 is 4.42 Å². The van der Waals surface area contributed by atoms with Crippen LogP contribution in [0.25, 0.3) is 77.2 Å².